The van der Waals surface area contributed by atoms with E-state index in [4.69, 9.17) is 9.47 Å². The van der Waals surface area contributed by atoms with Gasteiger partial charge in [0.15, 0.2) is 0 Å². The van der Waals surface area contributed by atoms with Gasteiger partial charge in [0, 0.05) is 22.5 Å². The van der Waals surface area contributed by atoms with E-state index in [1.807, 2.05) is 0 Å². The average Bonchev–Trinajstić information content (AvgIpc) is 2.87. The first-order chi connectivity index (χ1) is 11.6. The molecule has 1 saturated carbocycles. The molecule has 25 heavy (non-hydrogen) atoms. The number of esters is 2. The first-order valence-electron chi connectivity index (χ1n) is 7.82. The van der Waals surface area contributed by atoms with Crippen LogP contribution < -0.4 is 0 Å². The highest BCUT2D eigenvalue weighted by molar-refractivity contribution is 5.92. The summed E-state index contributed by atoms with van der Waals surface area (Å²) in [7, 11) is 0. The van der Waals surface area contributed by atoms with Crippen molar-refractivity contribution in [3.8, 4) is 0 Å². The van der Waals surface area contributed by atoms with Crippen LogP contribution in [0.25, 0.3) is 0 Å². The molecule has 0 radical (unpaired) electrons. The van der Waals surface area contributed by atoms with Crippen LogP contribution in [0.4, 0.5) is 0 Å². The van der Waals surface area contributed by atoms with Crippen LogP contribution >= 0.6 is 0 Å². The molecule has 2 rings (SSSR count). The monoisotopic (exact) mass is 346 g/mol. The molecule has 6 heteroatoms. The van der Waals surface area contributed by atoms with Crippen molar-refractivity contribution in [2.24, 2.45) is 17.3 Å². The molecule has 2 aliphatic rings. The predicted octanol–water partition coefficient (Wildman–Crippen LogP) is 1.51. The summed E-state index contributed by atoms with van der Waals surface area (Å²) in [4.78, 5) is 35.6. The Balaban J connectivity index is 2.62. The topological polar surface area (TPSA) is 89.9 Å². The van der Waals surface area contributed by atoms with E-state index in [1.54, 1.807) is 6.92 Å². The van der Waals surface area contributed by atoms with Gasteiger partial charge in [-0.05, 0) is 12.5 Å². The molecular formula is C19H22O6. The van der Waals surface area contributed by atoms with E-state index in [1.165, 1.54) is 13.0 Å². The van der Waals surface area contributed by atoms with Gasteiger partial charge in [-0.1, -0.05) is 32.7 Å². The van der Waals surface area contributed by atoms with E-state index in [-0.39, 0.29) is 16.7 Å². The number of hydrogen-bond acceptors (Lipinski definition) is 6. The van der Waals surface area contributed by atoms with Gasteiger partial charge in [0.1, 0.15) is 24.6 Å². The van der Waals surface area contributed by atoms with Crippen LogP contribution in [0.5, 0.6) is 0 Å². The van der Waals surface area contributed by atoms with Gasteiger partial charge in [0.2, 0.25) is 0 Å². The van der Waals surface area contributed by atoms with E-state index < -0.39 is 47.5 Å². The Labute approximate surface area is 146 Å². The highest BCUT2D eigenvalue weighted by atomic mass is 16.6. The summed E-state index contributed by atoms with van der Waals surface area (Å²) in [6, 6.07) is 0. The summed E-state index contributed by atoms with van der Waals surface area (Å²) in [5.74, 6) is -2.94. The van der Waals surface area contributed by atoms with Crippen molar-refractivity contribution in [2.75, 3.05) is 0 Å². The van der Waals surface area contributed by atoms with Crippen molar-refractivity contribution in [1.82, 2.24) is 0 Å². The first-order valence-corrected chi connectivity index (χ1v) is 7.82. The quantitative estimate of drug-likeness (QED) is 0.351. The highest BCUT2D eigenvalue weighted by Crippen LogP contribution is 2.53. The van der Waals surface area contributed by atoms with E-state index in [9.17, 15) is 19.5 Å². The molecule has 1 N–H and O–H groups in total. The summed E-state index contributed by atoms with van der Waals surface area (Å²) >= 11 is 0. The number of rotatable bonds is 5. The van der Waals surface area contributed by atoms with Gasteiger partial charge in [-0.25, -0.2) is 9.59 Å². The molecule has 134 valence electrons. The Hall–Kier alpha value is -2.47. The normalized spacial score (nSPS) is 36.8. The number of carbonyl (C=O) groups excluding carboxylic acids is 3. The Morgan fingerprint density at radius 1 is 1.40 bits per heavy atom. The van der Waals surface area contributed by atoms with Crippen LogP contribution in [0.1, 0.15) is 13.8 Å². The molecular weight excluding hydrogens is 324 g/mol. The maximum absolute atomic E-state index is 12.1. The van der Waals surface area contributed by atoms with Gasteiger partial charge in [-0.3, -0.25) is 4.79 Å². The number of carbonyl (C=O) groups is 3. The standard InChI is InChI=1S/C19H22O6/c1-7-19(6)13(10(4)8-20)14(24-17(22)9(2)3)12-11(5)18(23)25-15(12)16(19)21/h7-8,12-16,21H,1-2,4-5H2,3,6H3/t12-,13+,14+,15+,16+,19-/m0/s1. The van der Waals surface area contributed by atoms with Gasteiger partial charge in [0.25, 0.3) is 0 Å². The zero-order valence-corrected chi connectivity index (χ0v) is 14.4. The molecule has 1 saturated heterocycles. The minimum absolute atomic E-state index is 0.0818. The van der Waals surface area contributed by atoms with E-state index in [2.05, 4.69) is 26.3 Å². The number of ether oxygens (including phenoxy) is 2. The van der Waals surface area contributed by atoms with E-state index in [0.29, 0.717) is 6.29 Å². The minimum atomic E-state index is -1.17. The molecule has 2 fully saturated rings. The molecule has 1 heterocycles. The van der Waals surface area contributed by atoms with Crippen LogP contribution in [0.15, 0.2) is 49.1 Å². The Kier molecular flexibility index (Phi) is 4.86. The molecule has 0 bridgehead atoms. The molecule has 6 atom stereocenters. The van der Waals surface area contributed by atoms with Crippen molar-refractivity contribution in [3.63, 3.8) is 0 Å². The van der Waals surface area contributed by atoms with Gasteiger partial charge in [-0.15, -0.1) is 6.58 Å². The fraction of sp³-hybridized carbons (Fsp3) is 0.421. The third-order valence-electron chi connectivity index (χ3n) is 5.14. The SMILES string of the molecule is C=C[C@]1(C)[C@H](O)[C@@H]2OC(=O)C(=C)[C@H]2[C@@H](OC(=O)C(=C)C)[C@H]1C(=C)C=O. The molecule has 6 nitrogen and oxygen atoms in total. The maximum Gasteiger partial charge on any atom is 0.334 e. The second kappa shape index (κ2) is 6.44. The van der Waals surface area contributed by atoms with Crippen LogP contribution in [-0.2, 0) is 23.9 Å². The lowest BCUT2D eigenvalue weighted by Gasteiger charge is -2.51. The van der Waals surface area contributed by atoms with Crippen LogP contribution in [0.2, 0.25) is 0 Å². The molecule has 0 aromatic carbocycles. The summed E-state index contributed by atoms with van der Waals surface area (Å²) < 4.78 is 10.8. The summed E-state index contributed by atoms with van der Waals surface area (Å²) in [5.41, 5.74) is -0.747. The van der Waals surface area contributed by atoms with E-state index >= 15 is 0 Å². The van der Waals surface area contributed by atoms with Crippen LogP contribution in [0, 0.1) is 17.3 Å². The summed E-state index contributed by atoms with van der Waals surface area (Å²) in [6.45, 7) is 17.9. The van der Waals surface area contributed by atoms with Crippen molar-refractivity contribution in [3.05, 3.63) is 49.1 Å². The molecule has 1 aliphatic heterocycles. The average molecular weight is 346 g/mol. The fourth-order valence-electron chi connectivity index (χ4n) is 3.65. The van der Waals surface area contributed by atoms with Gasteiger partial charge < -0.3 is 14.6 Å². The number of aldehydes is 1. The van der Waals surface area contributed by atoms with Crippen molar-refractivity contribution in [1.29, 1.82) is 0 Å². The first kappa shape index (κ1) is 18.9. The highest BCUT2D eigenvalue weighted by Gasteiger charge is 2.63. The van der Waals surface area contributed by atoms with Crippen molar-refractivity contribution >= 4 is 18.2 Å². The van der Waals surface area contributed by atoms with Gasteiger partial charge >= 0.3 is 11.9 Å². The zero-order chi connectivity index (χ0) is 19.1. The number of fused-ring (bicyclic) bond motifs is 1. The largest absolute Gasteiger partial charge is 0.458 e. The smallest absolute Gasteiger partial charge is 0.334 e. The molecule has 0 spiro atoms. The summed E-state index contributed by atoms with van der Waals surface area (Å²) in [6.07, 6.45) is -1.09. The molecule has 1 aliphatic carbocycles. The van der Waals surface area contributed by atoms with Gasteiger partial charge in [-0.2, -0.15) is 0 Å². The summed E-state index contributed by atoms with van der Waals surface area (Å²) in [5, 5.41) is 10.8. The Bertz CT molecular complexity index is 690. The Morgan fingerprint density at radius 2 is 2.00 bits per heavy atom. The van der Waals surface area contributed by atoms with Crippen molar-refractivity contribution in [2.45, 2.75) is 32.2 Å². The number of hydrogen-bond donors (Lipinski definition) is 1. The number of aliphatic hydroxyl groups is 1. The molecule has 0 amide bonds. The molecule has 0 unspecified atom stereocenters. The second-order valence-corrected chi connectivity index (χ2v) is 6.76. The lowest BCUT2D eigenvalue weighted by Crippen LogP contribution is -2.60. The zero-order valence-electron chi connectivity index (χ0n) is 14.4. The van der Waals surface area contributed by atoms with E-state index in [0.717, 1.165) is 0 Å². The van der Waals surface area contributed by atoms with Crippen LogP contribution in [-0.4, -0.2) is 41.6 Å². The molecule has 0 aromatic heterocycles. The number of aliphatic hydroxyl groups excluding tert-OH is 1. The fourth-order valence-corrected chi connectivity index (χ4v) is 3.65. The lowest BCUT2D eigenvalue weighted by atomic mass is 9.57. The van der Waals surface area contributed by atoms with Gasteiger partial charge in [0.05, 0.1) is 5.92 Å². The molecule has 0 aromatic rings. The van der Waals surface area contributed by atoms with Crippen LogP contribution in [0.3, 0.4) is 0 Å². The predicted molar refractivity (Wildman–Crippen MR) is 90.2 cm³/mol. The lowest BCUT2D eigenvalue weighted by molar-refractivity contribution is -0.182. The third kappa shape index (κ3) is 2.76. The Morgan fingerprint density at radius 3 is 2.48 bits per heavy atom. The third-order valence-corrected chi connectivity index (χ3v) is 5.14. The second-order valence-electron chi connectivity index (χ2n) is 6.76. The van der Waals surface area contributed by atoms with Crippen molar-refractivity contribution < 1.29 is 29.0 Å². The minimum Gasteiger partial charge on any atom is -0.458 e. The maximum atomic E-state index is 12.1.